The molecule has 0 aliphatic heterocycles. The number of benzene rings is 1. The highest BCUT2D eigenvalue weighted by Gasteiger charge is 2.01. The molecule has 0 spiro atoms. The van der Waals surface area contributed by atoms with Crippen LogP contribution in [-0.2, 0) is 4.79 Å². The molecule has 0 bridgehead atoms. The predicted molar refractivity (Wildman–Crippen MR) is 51.4 cm³/mol. The number of aldehydes is 1. The molecule has 2 N–H and O–H groups in total. The maximum Gasteiger partial charge on any atom is 0.292 e. The summed E-state index contributed by atoms with van der Waals surface area (Å²) in [4.78, 5) is 14.0. The van der Waals surface area contributed by atoms with E-state index >= 15 is 0 Å². The van der Waals surface area contributed by atoms with Gasteiger partial charge in [0.2, 0.25) is 0 Å². The average Bonchev–Trinajstić information content (AvgIpc) is 2.54. The summed E-state index contributed by atoms with van der Waals surface area (Å²) in [5.41, 5.74) is 7.33. The van der Waals surface area contributed by atoms with Crippen LogP contribution in [0.2, 0.25) is 0 Å². The van der Waals surface area contributed by atoms with Crippen molar-refractivity contribution in [3.63, 3.8) is 0 Å². The zero-order chi connectivity index (χ0) is 9.97. The highest BCUT2D eigenvalue weighted by molar-refractivity contribution is 5.78. The van der Waals surface area contributed by atoms with Gasteiger partial charge in [-0.15, -0.1) is 0 Å². The summed E-state index contributed by atoms with van der Waals surface area (Å²) >= 11 is 0. The molecule has 2 aromatic rings. The summed E-state index contributed by atoms with van der Waals surface area (Å²) in [5.74, 6) is 4.97. The monoisotopic (exact) mass is 186 g/mol. The number of oxazole rings is 1. The van der Waals surface area contributed by atoms with Gasteiger partial charge in [-0.1, -0.05) is 5.92 Å². The topological polar surface area (TPSA) is 69.1 Å². The lowest BCUT2D eigenvalue weighted by Crippen LogP contribution is -1.80. The summed E-state index contributed by atoms with van der Waals surface area (Å²) < 4.78 is 5.08. The summed E-state index contributed by atoms with van der Waals surface area (Å²) in [6.45, 7) is 0. The molecule has 0 aliphatic rings. The van der Waals surface area contributed by atoms with Crippen molar-refractivity contribution >= 4 is 23.4 Å². The van der Waals surface area contributed by atoms with Crippen LogP contribution in [-0.4, -0.2) is 11.3 Å². The van der Waals surface area contributed by atoms with E-state index in [1.54, 1.807) is 18.2 Å². The average molecular weight is 186 g/mol. The van der Waals surface area contributed by atoms with Crippen molar-refractivity contribution in [1.82, 2.24) is 4.98 Å². The van der Waals surface area contributed by atoms with Gasteiger partial charge in [-0.05, 0) is 24.1 Å². The molecule has 0 aliphatic carbocycles. The van der Waals surface area contributed by atoms with E-state index in [1.807, 2.05) is 0 Å². The van der Waals surface area contributed by atoms with Gasteiger partial charge in [0.15, 0.2) is 11.9 Å². The fraction of sp³-hybridized carbons (Fsp3) is 0. The Morgan fingerprint density at radius 3 is 3.14 bits per heavy atom. The highest BCUT2D eigenvalue weighted by atomic mass is 16.4. The minimum Gasteiger partial charge on any atom is -0.424 e. The second-order valence-corrected chi connectivity index (χ2v) is 2.62. The molecule has 0 unspecified atom stereocenters. The second-order valence-electron chi connectivity index (χ2n) is 2.62. The first-order chi connectivity index (χ1) is 6.79. The van der Waals surface area contributed by atoms with Crippen LogP contribution in [0.4, 0.5) is 6.01 Å². The minimum atomic E-state index is 0.125. The number of rotatable bonds is 0. The summed E-state index contributed by atoms with van der Waals surface area (Å²) in [7, 11) is 0. The Morgan fingerprint density at radius 2 is 2.36 bits per heavy atom. The number of fused-ring (bicyclic) bond motifs is 1. The van der Waals surface area contributed by atoms with E-state index in [0.717, 1.165) is 0 Å². The molecule has 0 atom stereocenters. The smallest absolute Gasteiger partial charge is 0.292 e. The number of anilines is 1. The van der Waals surface area contributed by atoms with Crippen molar-refractivity contribution in [1.29, 1.82) is 0 Å². The molecule has 1 heterocycles. The van der Waals surface area contributed by atoms with E-state index < -0.39 is 0 Å². The Kier molecular flexibility index (Phi) is 1.92. The van der Waals surface area contributed by atoms with E-state index in [-0.39, 0.29) is 6.01 Å². The van der Waals surface area contributed by atoms with Gasteiger partial charge >= 0.3 is 0 Å². The fourth-order valence-corrected chi connectivity index (χ4v) is 1.14. The molecule has 0 fully saturated rings. The van der Waals surface area contributed by atoms with Crippen molar-refractivity contribution in [3.05, 3.63) is 23.8 Å². The van der Waals surface area contributed by atoms with Crippen molar-refractivity contribution in [2.24, 2.45) is 0 Å². The Bertz CT molecular complexity index is 546. The molecule has 1 aromatic heterocycles. The van der Waals surface area contributed by atoms with E-state index in [4.69, 9.17) is 10.2 Å². The lowest BCUT2D eigenvalue weighted by Gasteiger charge is -1.87. The summed E-state index contributed by atoms with van der Waals surface area (Å²) in [6.07, 6.45) is 0.543. The van der Waals surface area contributed by atoms with E-state index in [0.29, 0.717) is 22.9 Å². The van der Waals surface area contributed by atoms with Gasteiger partial charge in [0, 0.05) is 5.56 Å². The van der Waals surface area contributed by atoms with Crippen LogP contribution in [0.15, 0.2) is 22.6 Å². The zero-order valence-corrected chi connectivity index (χ0v) is 7.15. The molecular weight excluding hydrogens is 180 g/mol. The molecular formula is C10H6N2O2. The first-order valence-electron chi connectivity index (χ1n) is 3.91. The zero-order valence-electron chi connectivity index (χ0n) is 7.15. The third-order valence-electron chi connectivity index (χ3n) is 1.68. The molecule has 4 nitrogen and oxygen atoms in total. The van der Waals surface area contributed by atoms with Gasteiger partial charge in [0.1, 0.15) is 5.52 Å². The number of aromatic nitrogens is 1. The lowest BCUT2D eigenvalue weighted by atomic mass is 10.2. The van der Waals surface area contributed by atoms with Crippen LogP contribution in [0.25, 0.3) is 11.1 Å². The molecule has 0 saturated carbocycles. The van der Waals surface area contributed by atoms with Gasteiger partial charge in [-0.2, -0.15) is 4.98 Å². The molecule has 68 valence electrons. The predicted octanol–water partition coefficient (Wildman–Crippen LogP) is 0.960. The Labute approximate surface area is 79.7 Å². The van der Waals surface area contributed by atoms with Gasteiger partial charge in [0.25, 0.3) is 6.01 Å². The summed E-state index contributed by atoms with van der Waals surface area (Å²) in [6, 6.07) is 5.29. The number of nitrogens with two attached hydrogens (primary N) is 1. The maximum atomic E-state index is 10.0. The number of carbonyl (C=O) groups is 1. The maximum absolute atomic E-state index is 10.0. The normalized spacial score (nSPS) is 9.43. The Hall–Kier alpha value is -2.28. The molecule has 1 aromatic carbocycles. The Balaban J connectivity index is 2.55. The SMILES string of the molecule is Nc1nc2cc(C#CC=O)ccc2o1. The third kappa shape index (κ3) is 1.43. The van der Waals surface area contributed by atoms with Crippen LogP contribution >= 0.6 is 0 Å². The molecule has 0 saturated heterocycles. The van der Waals surface area contributed by atoms with Gasteiger partial charge in [-0.25, -0.2) is 0 Å². The van der Waals surface area contributed by atoms with Crippen LogP contribution in [0.1, 0.15) is 5.56 Å². The first-order valence-corrected chi connectivity index (χ1v) is 3.91. The van der Waals surface area contributed by atoms with Crippen molar-refractivity contribution in [2.45, 2.75) is 0 Å². The van der Waals surface area contributed by atoms with Crippen LogP contribution in [0.3, 0.4) is 0 Å². The van der Waals surface area contributed by atoms with Gasteiger partial charge in [0.05, 0.1) is 0 Å². The number of nitrogens with zero attached hydrogens (tertiary/aromatic N) is 1. The number of hydrogen-bond acceptors (Lipinski definition) is 4. The van der Waals surface area contributed by atoms with Crippen LogP contribution < -0.4 is 5.73 Å². The van der Waals surface area contributed by atoms with Crippen LogP contribution in [0.5, 0.6) is 0 Å². The highest BCUT2D eigenvalue weighted by Crippen LogP contribution is 2.17. The molecule has 0 radical (unpaired) electrons. The largest absolute Gasteiger partial charge is 0.424 e. The van der Waals surface area contributed by atoms with Crippen LogP contribution in [0, 0.1) is 11.8 Å². The molecule has 14 heavy (non-hydrogen) atoms. The lowest BCUT2D eigenvalue weighted by molar-refractivity contribution is -0.103. The van der Waals surface area contributed by atoms with Gasteiger partial charge in [-0.3, -0.25) is 4.79 Å². The summed E-state index contributed by atoms with van der Waals surface area (Å²) in [5, 5.41) is 0. The Morgan fingerprint density at radius 1 is 1.50 bits per heavy atom. The standard InChI is InChI=1S/C10H6N2O2/c11-10-12-8-6-7(2-1-5-13)3-4-9(8)14-10/h3-6H,(H2,11,12). The fourth-order valence-electron chi connectivity index (χ4n) is 1.14. The van der Waals surface area contributed by atoms with Gasteiger partial charge < -0.3 is 10.2 Å². The quantitative estimate of drug-likeness (QED) is 0.491. The van der Waals surface area contributed by atoms with Crippen molar-refractivity contribution in [3.8, 4) is 11.8 Å². The first kappa shape index (κ1) is 8.32. The van der Waals surface area contributed by atoms with E-state index in [1.165, 1.54) is 0 Å². The number of carbonyl (C=O) groups excluding carboxylic acids is 1. The van der Waals surface area contributed by atoms with Crippen molar-refractivity contribution < 1.29 is 9.21 Å². The number of hydrogen-bond donors (Lipinski definition) is 1. The molecule has 0 amide bonds. The number of nitrogen functional groups attached to an aromatic ring is 1. The van der Waals surface area contributed by atoms with Crippen molar-refractivity contribution in [2.75, 3.05) is 5.73 Å². The molecule has 2 rings (SSSR count). The molecule has 4 heteroatoms. The minimum absolute atomic E-state index is 0.125. The third-order valence-corrected chi connectivity index (χ3v) is 1.68. The second kappa shape index (κ2) is 3.23. The van der Waals surface area contributed by atoms with E-state index in [9.17, 15) is 4.79 Å². The van der Waals surface area contributed by atoms with E-state index in [2.05, 4.69) is 16.8 Å².